The average molecular weight is 218 g/mol. The van der Waals surface area contributed by atoms with Crippen LogP contribution in [0.5, 0.6) is 0 Å². The largest absolute Gasteiger partial charge is 0.340 e. The van der Waals surface area contributed by atoms with Gasteiger partial charge in [-0.2, -0.15) is 0 Å². The summed E-state index contributed by atoms with van der Waals surface area (Å²) in [5, 5.41) is 3.18. The maximum atomic E-state index is 12.2. The van der Waals surface area contributed by atoms with E-state index in [1.165, 1.54) is 0 Å². The van der Waals surface area contributed by atoms with Crippen molar-refractivity contribution in [1.82, 2.24) is 10.2 Å². The minimum atomic E-state index is -0.0493. The molecule has 0 aliphatic carbocycles. The Morgan fingerprint density at radius 2 is 2.00 bits per heavy atom. The van der Waals surface area contributed by atoms with Gasteiger partial charge in [0.1, 0.15) is 0 Å². The van der Waals surface area contributed by atoms with Gasteiger partial charge < -0.3 is 10.2 Å². The molecule has 0 radical (unpaired) electrons. The number of hydrogen-bond donors (Lipinski definition) is 1. The summed E-state index contributed by atoms with van der Waals surface area (Å²) in [6, 6.07) is 10.3. The number of nitrogens with zero attached hydrogens (tertiary/aromatic N) is 1. The van der Waals surface area contributed by atoms with Crippen molar-refractivity contribution < 1.29 is 4.79 Å². The SMILES string of the molecule is CC(C(=O)N(C)C1CNC1)c1ccccc1. The van der Waals surface area contributed by atoms with Crippen molar-refractivity contribution in [3.05, 3.63) is 35.9 Å². The fourth-order valence-electron chi connectivity index (χ4n) is 1.92. The van der Waals surface area contributed by atoms with Gasteiger partial charge >= 0.3 is 0 Å². The number of hydrogen-bond acceptors (Lipinski definition) is 2. The van der Waals surface area contributed by atoms with E-state index >= 15 is 0 Å². The van der Waals surface area contributed by atoms with E-state index in [9.17, 15) is 4.79 Å². The topological polar surface area (TPSA) is 32.3 Å². The Morgan fingerprint density at radius 1 is 1.38 bits per heavy atom. The summed E-state index contributed by atoms with van der Waals surface area (Å²) in [6.07, 6.45) is 0. The number of likely N-dealkylation sites (N-methyl/N-ethyl adjacent to an activating group) is 1. The van der Waals surface area contributed by atoms with Crippen LogP contribution in [0.3, 0.4) is 0 Å². The number of amides is 1. The molecule has 1 amide bonds. The van der Waals surface area contributed by atoms with Crippen molar-refractivity contribution in [1.29, 1.82) is 0 Å². The predicted molar refractivity (Wildman–Crippen MR) is 64.3 cm³/mol. The van der Waals surface area contributed by atoms with E-state index in [4.69, 9.17) is 0 Å². The van der Waals surface area contributed by atoms with Crippen molar-refractivity contribution in [3.63, 3.8) is 0 Å². The highest BCUT2D eigenvalue weighted by Gasteiger charge is 2.28. The molecular formula is C13H18N2O. The highest BCUT2D eigenvalue weighted by atomic mass is 16.2. The molecule has 1 N–H and O–H groups in total. The van der Waals surface area contributed by atoms with Gasteiger partial charge in [-0.05, 0) is 12.5 Å². The summed E-state index contributed by atoms with van der Waals surface area (Å²) in [4.78, 5) is 14.0. The second-order valence-electron chi connectivity index (χ2n) is 4.39. The molecule has 0 bridgehead atoms. The van der Waals surface area contributed by atoms with Gasteiger partial charge in [-0.25, -0.2) is 0 Å². The maximum Gasteiger partial charge on any atom is 0.229 e. The molecule has 86 valence electrons. The molecular weight excluding hydrogens is 200 g/mol. The molecule has 1 aliphatic heterocycles. The first-order valence-corrected chi connectivity index (χ1v) is 5.72. The highest BCUT2D eigenvalue weighted by Crippen LogP contribution is 2.18. The van der Waals surface area contributed by atoms with E-state index in [-0.39, 0.29) is 11.8 Å². The third kappa shape index (κ3) is 2.09. The number of carbonyl (C=O) groups is 1. The Balaban J connectivity index is 2.04. The maximum absolute atomic E-state index is 12.2. The summed E-state index contributed by atoms with van der Waals surface area (Å²) in [5.74, 6) is 0.157. The van der Waals surface area contributed by atoms with Crippen molar-refractivity contribution in [3.8, 4) is 0 Å². The monoisotopic (exact) mass is 218 g/mol. The molecule has 2 rings (SSSR count). The number of rotatable bonds is 3. The molecule has 0 saturated carbocycles. The van der Waals surface area contributed by atoms with Crippen LogP contribution in [-0.2, 0) is 4.79 Å². The van der Waals surface area contributed by atoms with Gasteiger partial charge in [0.25, 0.3) is 0 Å². The minimum absolute atomic E-state index is 0.0493. The zero-order valence-electron chi connectivity index (χ0n) is 9.81. The Kier molecular flexibility index (Phi) is 3.25. The lowest BCUT2D eigenvalue weighted by Crippen LogP contribution is -2.58. The van der Waals surface area contributed by atoms with Crippen LogP contribution in [-0.4, -0.2) is 37.0 Å². The Labute approximate surface area is 96.5 Å². The lowest BCUT2D eigenvalue weighted by Gasteiger charge is -2.37. The van der Waals surface area contributed by atoms with Crippen LogP contribution in [0, 0.1) is 0 Å². The van der Waals surface area contributed by atoms with Crippen molar-refractivity contribution >= 4 is 5.91 Å². The zero-order valence-corrected chi connectivity index (χ0v) is 9.81. The first kappa shape index (κ1) is 11.1. The van der Waals surface area contributed by atoms with Gasteiger partial charge in [-0.1, -0.05) is 30.3 Å². The van der Waals surface area contributed by atoms with Gasteiger partial charge in [0, 0.05) is 20.1 Å². The average Bonchev–Trinajstić information content (AvgIpc) is 2.26. The molecule has 1 unspecified atom stereocenters. The molecule has 16 heavy (non-hydrogen) atoms. The first-order valence-electron chi connectivity index (χ1n) is 5.72. The van der Waals surface area contributed by atoms with Gasteiger partial charge in [0.15, 0.2) is 0 Å². The first-order chi connectivity index (χ1) is 7.70. The molecule has 3 nitrogen and oxygen atoms in total. The van der Waals surface area contributed by atoms with Crippen molar-refractivity contribution in [2.75, 3.05) is 20.1 Å². The Hall–Kier alpha value is -1.35. The predicted octanol–water partition coefficient (Wildman–Crippen LogP) is 1.22. The summed E-state index contributed by atoms with van der Waals surface area (Å²) >= 11 is 0. The molecule has 1 aliphatic rings. The standard InChI is InChI=1S/C13H18N2O/c1-10(11-6-4-3-5-7-11)13(16)15(2)12-8-14-9-12/h3-7,10,12,14H,8-9H2,1-2H3. The van der Waals surface area contributed by atoms with E-state index in [2.05, 4.69) is 5.32 Å². The van der Waals surface area contributed by atoms with Crippen molar-refractivity contribution in [2.24, 2.45) is 0 Å². The Morgan fingerprint density at radius 3 is 2.50 bits per heavy atom. The van der Waals surface area contributed by atoms with Crippen LogP contribution < -0.4 is 5.32 Å². The molecule has 0 aromatic heterocycles. The summed E-state index contributed by atoms with van der Waals surface area (Å²) in [6.45, 7) is 3.81. The molecule has 1 heterocycles. The molecule has 1 saturated heterocycles. The molecule has 1 aromatic carbocycles. The van der Waals surface area contributed by atoms with Crippen LogP contribution >= 0.6 is 0 Å². The van der Waals surface area contributed by atoms with Crippen molar-refractivity contribution in [2.45, 2.75) is 18.9 Å². The quantitative estimate of drug-likeness (QED) is 0.827. The van der Waals surface area contributed by atoms with E-state index < -0.39 is 0 Å². The number of benzene rings is 1. The van der Waals surface area contributed by atoms with E-state index in [0.717, 1.165) is 18.7 Å². The number of carbonyl (C=O) groups excluding carboxylic acids is 1. The van der Waals surface area contributed by atoms with Crippen LogP contribution in [0.25, 0.3) is 0 Å². The van der Waals surface area contributed by atoms with Crippen LogP contribution in [0.4, 0.5) is 0 Å². The summed E-state index contributed by atoms with van der Waals surface area (Å²) < 4.78 is 0. The van der Waals surface area contributed by atoms with E-state index in [1.54, 1.807) is 0 Å². The summed E-state index contributed by atoms with van der Waals surface area (Å²) in [7, 11) is 1.90. The van der Waals surface area contributed by atoms with Gasteiger partial charge in [-0.3, -0.25) is 4.79 Å². The molecule has 3 heteroatoms. The summed E-state index contributed by atoms with van der Waals surface area (Å²) in [5.41, 5.74) is 1.09. The Bertz CT molecular complexity index is 359. The van der Waals surface area contributed by atoms with Crippen LogP contribution in [0.15, 0.2) is 30.3 Å². The third-order valence-electron chi connectivity index (χ3n) is 3.33. The highest BCUT2D eigenvalue weighted by molar-refractivity contribution is 5.83. The molecule has 1 fully saturated rings. The van der Waals surface area contributed by atoms with Crippen LogP contribution in [0.1, 0.15) is 18.4 Å². The van der Waals surface area contributed by atoms with Crippen LogP contribution in [0.2, 0.25) is 0 Å². The fourth-order valence-corrected chi connectivity index (χ4v) is 1.92. The van der Waals surface area contributed by atoms with Gasteiger partial charge in [0.2, 0.25) is 5.91 Å². The molecule has 0 spiro atoms. The minimum Gasteiger partial charge on any atom is -0.340 e. The molecule has 1 atom stereocenters. The third-order valence-corrected chi connectivity index (χ3v) is 3.33. The van der Waals surface area contributed by atoms with E-state index in [0.29, 0.717) is 6.04 Å². The lowest BCUT2D eigenvalue weighted by molar-refractivity contribution is -0.134. The smallest absolute Gasteiger partial charge is 0.229 e. The zero-order chi connectivity index (χ0) is 11.5. The normalized spacial score (nSPS) is 17.6. The fraction of sp³-hybridized carbons (Fsp3) is 0.462. The van der Waals surface area contributed by atoms with E-state index in [1.807, 2.05) is 49.2 Å². The lowest BCUT2D eigenvalue weighted by atomic mass is 9.98. The second kappa shape index (κ2) is 4.66. The number of nitrogens with one attached hydrogen (secondary N) is 1. The van der Waals surface area contributed by atoms with Gasteiger partial charge in [0.05, 0.1) is 12.0 Å². The second-order valence-corrected chi connectivity index (χ2v) is 4.39. The van der Waals surface area contributed by atoms with Gasteiger partial charge in [-0.15, -0.1) is 0 Å². The molecule has 1 aromatic rings.